The summed E-state index contributed by atoms with van der Waals surface area (Å²) in [4.78, 5) is 115. The first-order valence-corrected chi connectivity index (χ1v) is 52.4. The van der Waals surface area contributed by atoms with Gasteiger partial charge in [-0.1, -0.05) is 224 Å². The zero-order valence-corrected chi connectivity index (χ0v) is 88.8. The van der Waals surface area contributed by atoms with Crippen molar-refractivity contribution in [1.82, 2.24) is 76.0 Å². The molecule has 5 aliphatic heterocycles. The number of carbonyl (C=O) groups is 8. The van der Waals surface area contributed by atoms with Crippen molar-refractivity contribution in [3.05, 3.63) is 59.1 Å². The van der Waals surface area contributed by atoms with Gasteiger partial charge in [0.2, 0.25) is 47.3 Å². The summed E-state index contributed by atoms with van der Waals surface area (Å²) in [6, 6.07) is 18.4. The summed E-state index contributed by atoms with van der Waals surface area (Å²) < 4.78 is 5.24. The Balaban J connectivity index is 0.000000390. The van der Waals surface area contributed by atoms with Gasteiger partial charge in [-0.25, -0.2) is 0 Å². The van der Waals surface area contributed by atoms with Crippen LogP contribution in [0.1, 0.15) is 286 Å². The van der Waals surface area contributed by atoms with Gasteiger partial charge in [-0.2, -0.15) is 0 Å². The molecule has 3 aliphatic carbocycles. The number of methoxy groups -OCH3 is 1. The van der Waals surface area contributed by atoms with Gasteiger partial charge in [-0.15, -0.1) is 0 Å². The Kier molecular flexibility index (Phi) is 61.7. The van der Waals surface area contributed by atoms with Crippen molar-refractivity contribution in [2.45, 2.75) is 310 Å². The van der Waals surface area contributed by atoms with Crippen LogP contribution in [0.5, 0.6) is 5.75 Å². The Bertz CT molecular complexity index is 3420. The van der Waals surface area contributed by atoms with Gasteiger partial charge < -0.3 is 70.9 Å². The first-order chi connectivity index (χ1) is 62.6. The molecule has 1 unspecified atom stereocenters. The molecule has 0 aromatic heterocycles. The normalized spacial score (nSPS) is 18.4. The number of halogens is 1. The van der Waals surface area contributed by atoms with Crippen molar-refractivity contribution in [3.63, 3.8) is 0 Å². The zero-order chi connectivity index (χ0) is 98.3. The van der Waals surface area contributed by atoms with Crippen LogP contribution in [0.4, 0.5) is 5.69 Å². The largest absolute Gasteiger partial charge is 0.495 e. The molecule has 8 aliphatic rings. The van der Waals surface area contributed by atoms with E-state index >= 15 is 0 Å². The van der Waals surface area contributed by atoms with E-state index < -0.39 is 0 Å². The number of carbonyl (C=O) groups excluding carboxylic acids is 8. The van der Waals surface area contributed by atoms with Crippen LogP contribution in [0.25, 0.3) is 0 Å². The van der Waals surface area contributed by atoms with Crippen molar-refractivity contribution in [2.75, 3.05) is 196 Å². The molecule has 6 N–H and O–H groups in total. The predicted octanol–water partition coefficient (Wildman–Crippen LogP) is 15.7. The molecule has 3 saturated carbocycles. The van der Waals surface area contributed by atoms with E-state index in [9.17, 15) is 38.4 Å². The standard InChI is InChI=1S/C15H21ClN2O2.C15H28N2O.C14H22N2O.C13H24N2O.2C13H26N2O.C12H24N2O.C11H24N2O/c1-11(2)15(19)18-8-6-17(7-9-18)12-4-5-13(16)14(10-12)20-3;1-13(2)15(18)17-11-9-16(10-12-17)14-7-5-3-4-6-8-14;1-12(2)14(17)15-9-10-16(3)11-13-7-5-4-6-8-13;1-11(2)13(16)15-9-7-14(8-10-15)12-5-3-4-6-12;1-11(2)13(16)14-7-4-8-15-9-5-12(3)6-10-15;1-11(2)13(16)14-7-5-9-15-8-4-6-12(3)10-15;1-10(2)12(15)14-9-8-13-11-6-4-3-5-7-11;1-9(2)10(14)12-7-8-13(6)11(3,4)5/h4-5,10-11H,6-9H2,1-3H3;13-14H,3-12H2,1-2H3;4-8,12H,9-11H2,1-3H3,(H,15,17);11-12H,3-10H2,1-2H3;2*11-12H,4-10H2,1-3H3,(H,14,16);10-11,13H,3-9H2,1-2H3,(H,14,15);9H,7-8H2,1-6H3,(H,12,14). The molecule has 25 nitrogen and oxygen atoms in total. The lowest BCUT2D eigenvalue weighted by Crippen LogP contribution is -2.52. The molecular formula is C106H195ClN16O9. The van der Waals surface area contributed by atoms with E-state index in [1.807, 2.05) is 157 Å². The second kappa shape index (κ2) is 67.9. The molecular weight excluding hydrogens is 1680 g/mol. The number of anilines is 1. The highest BCUT2D eigenvalue weighted by atomic mass is 35.5. The van der Waals surface area contributed by atoms with Crippen LogP contribution in [0.3, 0.4) is 0 Å². The Hall–Kier alpha value is -6.19. The van der Waals surface area contributed by atoms with Gasteiger partial charge in [-0.05, 0) is 174 Å². The highest BCUT2D eigenvalue weighted by molar-refractivity contribution is 6.32. The quantitative estimate of drug-likeness (QED) is 0.0294. The minimum absolute atomic E-state index is 0.0643. The van der Waals surface area contributed by atoms with Crippen LogP contribution in [-0.2, 0) is 44.9 Å². The molecule has 10 rings (SSSR count). The number of ether oxygens (including phenoxy) is 1. The lowest BCUT2D eigenvalue weighted by molar-refractivity contribution is -0.137. The molecule has 8 amide bonds. The summed E-state index contributed by atoms with van der Waals surface area (Å²) in [6.07, 6.45) is 28.2. The number of hydrogen-bond acceptors (Lipinski definition) is 17. The van der Waals surface area contributed by atoms with Crippen LogP contribution in [0, 0.1) is 59.2 Å². The second-order valence-corrected chi connectivity index (χ2v) is 42.4. The van der Waals surface area contributed by atoms with E-state index in [0.29, 0.717) is 35.2 Å². The number of amides is 8. The zero-order valence-electron chi connectivity index (χ0n) is 88.1. The Labute approximate surface area is 809 Å². The fraction of sp³-hybridized carbons (Fsp3) is 0.811. The summed E-state index contributed by atoms with van der Waals surface area (Å²) in [5, 5.41) is 18.8. The summed E-state index contributed by atoms with van der Waals surface area (Å²) in [5.41, 5.74) is 2.55. The van der Waals surface area contributed by atoms with Crippen molar-refractivity contribution >= 4 is 64.5 Å². The molecule has 0 spiro atoms. The van der Waals surface area contributed by atoms with Crippen molar-refractivity contribution in [3.8, 4) is 5.75 Å². The maximum Gasteiger partial charge on any atom is 0.225 e. The maximum atomic E-state index is 12.0. The number of nitrogens with one attached hydrogen (secondary N) is 6. The van der Waals surface area contributed by atoms with Gasteiger partial charge in [0, 0.05) is 227 Å². The highest BCUT2D eigenvalue weighted by Crippen LogP contribution is 2.31. The third-order valence-electron chi connectivity index (χ3n) is 26.6. The topological polar surface area (TPSA) is 250 Å². The molecule has 0 radical (unpaired) electrons. The average Bonchev–Trinajstić information content (AvgIpc) is 0.851. The van der Waals surface area contributed by atoms with E-state index in [1.54, 1.807) is 7.11 Å². The van der Waals surface area contributed by atoms with Crippen LogP contribution in [0.2, 0.25) is 5.02 Å². The van der Waals surface area contributed by atoms with Gasteiger partial charge in [0.05, 0.1) is 12.1 Å². The van der Waals surface area contributed by atoms with Gasteiger partial charge in [0.15, 0.2) is 0 Å². The van der Waals surface area contributed by atoms with E-state index in [1.165, 1.54) is 154 Å². The van der Waals surface area contributed by atoms with E-state index in [0.717, 1.165) is 186 Å². The van der Waals surface area contributed by atoms with Crippen LogP contribution in [-0.4, -0.2) is 306 Å². The fourth-order valence-electron chi connectivity index (χ4n) is 17.3. The smallest absolute Gasteiger partial charge is 0.225 e. The van der Waals surface area contributed by atoms with E-state index in [4.69, 9.17) is 16.3 Å². The van der Waals surface area contributed by atoms with Crippen molar-refractivity contribution in [2.24, 2.45) is 59.2 Å². The van der Waals surface area contributed by atoms with Crippen molar-refractivity contribution < 1.29 is 43.1 Å². The third kappa shape index (κ3) is 51.8. The second-order valence-electron chi connectivity index (χ2n) is 42.0. The molecule has 5 heterocycles. The molecule has 2 aromatic carbocycles. The molecule has 132 heavy (non-hydrogen) atoms. The van der Waals surface area contributed by atoms with Gasteiger partial charge in [0.1, 0.15) is 5.75 Å². The highest BCUT2D eigenvalue weighted by Gasteiger charge is 2.31. The summed E-state index contributed by atoms with van der Waals surface area (Å²) in [6.45, 7) is 68.1. The number of piperidine rings is 2. The number of likely N-dealkylation sites (N-methyl/N-ethyl adjacent to an activating group) is 2. The molecule has 5 saturated heterocycles. The van der Waals surface area contributed by atoms with Gasteiger partial charge >= 0.3 is 0 Å². The first kappa shape index (κ1) is 120. The summed E-state index contributed by atoms with van der Waals surface area (Å²) in [5.74, 6) is 4.89. The molecule has 8 fully saturated rings. The Morgan fingerprint density at radius 2 is 0.795 bits per heavy atom. The van der Waals surface area contributed by atoms with Crippen LogP contribution >= 0.6 is 11.6 Å². The van der Waals surface area contributed by atoms with Gasteiger partial charge in [0.25, 0.3) is 0 Å². The average molecular weight is 1870 g/mol. The minimum atomic E-state index is 0.0643. The molecule has 2 aromatic rings. The number of hydrogen-bond donors (Lipinski definition) is 6. The number of rotatable bonds is 32. The Morgan fingerprint density at radius 3 is 1.20 bits per heavy atom. The molecule has 0 bridgehead atoms. The van der Waals surface area contributed by atoms with Crippen LogP contribution < -0.4 is 41.5 Å². The third-order valence-corrected chi connectivity index (χ3v) is 26.9. The van der Waals surface area contributed by atoms with Crippen LogP contribution in [0.15, 0.2) is 48.5 Å². The SMILES string of the molecule is CC(C)C(=O)N1CCN(C2CCCC2)CC1.CC(C)C(=O)N1CCN(C2CCCCCC2)CC1.CC(C)C(=O)NCCN(C)C(C)(C)C.CC(C)C(=O)NCCN(C)Cc1ccccc1.CC(C)C(=O)NCCNC1CCCCC1.CC1CCCN(CCCNC(=O)C(C)C)C1.CC1CCN(CCCNC(=O)C(C)C)CC1.COc1cc(N2CCN(C(=O)C(C)C)CC2)ccc1Cl. The van der Waals surface area contributed by atoms with Crippen molar-refractivity contribution in [1.29, 1.82) is 0 Å². The fourth-order valence-corrected chi connectivity index (χ4v) is 17.4. The lowest BCUT2D eigenvalue weighted by atomic mass is 9.95. The van der Waals surface area contributed by atoms with Gasteiger partial charge in [-0.3, -0.25) is 53.1 Å². The lowest BCUT2D eigenvalue weighted by Gasteiger charge is -2.39. The summed E-state index contributed by atoms with van der Waals surface area (Å²) in [7, 11) is 5.75. The monoisotopic (exact) mass is 1870 g/mol. The molecule has 1 atom stereocenters. The first-order valence-electron chi connectivity index (χ1n) is 52.1. The molecule has 760 valence electrons. The maximum absolute atomic E-state index is 12.0. The summed E-state index contributed by atoms with van der Waals surface area (Å²) >= 11 is 6.04. The Morgan fingerprint density at radius 1 is 0.409 bits per heavy atom. The predicted molar refractivity (Wildman–Crippen MR) is 550 cm³/mol. The number of nitrogens with zero attached hydrogens (tertiary/aromatic N) is 10. The molecule has 26 heteroatoms. The number of benzene rings is 2. The van der Waals surface area contributed by atoms with E-state index in [-0.39, 0.29) is 88.3 Å². The van der Waals surface area contributed by atoms with E-state index in [2.05, 4.69) is 132 Å². The minimum Gasteiger partial charge on any atom is -0.495 e. The number of likely N-dealkylation sites (tertiary alicyclic amines) is 2. The number of piperazine rings is 3.